The Labute approximate surface area is 202 Å². The lowest BCUT2D eigenvalue weighted by Crippen LogP contribution is -2.65. The van der Waals surface area contributed by atoms with Gasteiger partial charge in [0.1, 0.15) is 12.1 Å². The molecule has 9 nitrogen and oxygen atoms in total. The van der Waals surface area contributed by atoms with Crippen molar-refractivity contribution in [3.05, 3.63) is 35.4 Å². The van der Waals surface area contributed by atoms with Crippen LogP contribution in [0.1, 0.15) is 29.8 Å². The van der Waals surface area contributed by atoms with E-state index in [4.69, 9.17) is 0 Å². The summed E-state index contributed by atoms with van der Waals surface area (Å²) in [5.41, 5.74) is 1.32. The van der Waals surface area contributed by atoms with Gasteiger partial charge in [-0.25, -0.2) is 4.79 Å². The summed E-state index contributed by atoms with van der Waals surface area (Å²) in [5, 5.41) is 4.87. The molecule has 1 heterocycles. The zero-order valence-electron chi connectivity index (χ0n) is 20.1. The van der Waals surface area contributed by atoms with Crippen LogP contribution in [0.25, 0.3) is 0 Å². The molecule has 0 spiro atoms. The number of nitrogens with one attached hydrogen (secondary N) is 2. The van der Waals surface area contributed by atoms with E-state index in [1.54, 1.807) is 38.1 Å². The second kappa shape index (κ2) is 12.0. The number of carbonyl (C=O) groups excluding carboxylic acids is 4. The molecule has 2 atom stereocenters. The Morgan fingerprint density at radius 3 is 2.29 bits per heavy atom. The molecule has 0 aliphatic carbocycles. The van der Waals surface area contributed by atoms with E-state index < -0.39 is 42.7 Å². The Balaban J connectivity index is 2.20. The van der Waals surface area contributed by atoms with E-state index in [1.807, 2.05) is 6.92 Å². The molecule has 35 heavy (non-hydrogen) atoms. The number of hydrogen-bond acceptors (Lipinski definition) is 6. The van der Waals surface area contributed by atoms with Gasteiger partial charge in [0, 0.05) is 25.2 Å². The number of alkyl carbamates (subject to hydrolysis) is 1. The Bertz CT molecular complexity index is 921. The second-order valence-corrected chi connectivity index (χ2v) is 8.76. The first-order chi connectivity index (χ1) is 16.3. The van der Waals surface area contributed by atoms with Crippen molar-refractivity contribution < 1.29 is 37.1 Å². The molecule has 1 aliphatic rings. The number of methoxy groups -OCH3 is 1. The average molecular weight is 501 g/mol. The van der Waals surface area contributed by atoms with E-state index in [0.29, 0.717) is 5.56 Å². The number of carbonyl (C=O) groups is 4. The minimum Gasteiger partial charge on any atom is -0.453 e. The van der Waals surface area contributed by atoms with Crippen LogP contribution in [0.3, 0.4) is 0 Å². The molecular weight excluding hydrogens is 469 g/mol. The summed E-state index contributed by atoms with van der Waals surface area (Å²) < 4.78 is 43.5. The first kappa shape index (κ1) is 28.1. The molecular formula is C23H31F3N4O5. The van der Waals surface area contributed by atoms with Gasteiger partial charge in [-0.1, -0.05) is 43.7 Å². The molecule has 1 fully saturated rings. The SMILES string of the molecule is COC(=O)NC(C(=O)N1CCN(CC(F)(F)F)CC1C(=O)NCC(=O)c1ccc(C)cc1)C(C)C. The van der Waals surface area contributed by atoms with E-state index in [-0.39, 0.29) is 37.9 Å². The van der Waals surface area contributed by atoms with Crippen LogP contribution in [0.4, 0.5) is 18.0 Å². The lowest BCUT2D eigenvalue weighted by Gasteiger charge is -2.42. The summed E-state index contributed by atoms with van der Waals surface area (Å²) >= 11 is 0. The summed E-state index contributed by atoms with van der Waals surface area (Å²) in [5.74, 6) is -2.15. The molecule has 2 unspecified atom stereocenters. The molecule has 0 saturated carbocycles. The number of halogens is 3. The number of nitrogens with zero attached hydrogens (tertiary/aromatic N) is 2. The van der Waals surface area contributed by atoms with Gasteiger partial charge in [-0.3, -0.25) is 19.3 Å². The standard InChI is InChI=1S/C23H31F3N4O5/c1-14(2)19(28-22(34)35-4)21(33)30-10-9-29(13-23(24,25)26)12-17(30)20(32)27-11-18(31)16-7-5-15(3)6-8-16/h5-8,14,17,19H,9-13H2,1-4H3,(H,27,32)(H,28,34). The maximum atomic E-state index is 13.3. The number of aryl methyl sites for hydroxylation is 1. The second-order valence-electron chi connectivity index (χ2n) is 8.76. The Morgan fingerprint density at radius 2 is 1.74 bits per heavy atom. The van der Waals surface area contributed by atoms with Crippen molar-refractivity contribution in [2.45, 2.75) is 39.0 Å². The molecule has 0 aromatic heterocycles. The van der Waals surface area contributed by atoms with Crippen LogP contribution < -0.4 is 10.6 Å². The van der Waals surface area contributed by atoms with Crippen LogP contribution in [0, 0.1) is 12.8 Å². The number of ether oxygens (including phenoxy) is 1. The van der Waals surface area contributed by atoms with Gasteiger partial charge in [-0.05, 0) is 12.8 Å². The number of ketones is 1. The average Bonchev–Trinajstić information content (AvgIpc) is 2.79. The number of rotatable bonds is 8. The van der Waals surface area contributed by atoms with Crippen molar-refractivity contribution in [2.24, 2.45) is 5.92 Å². The fraction of sp³-hybridized carbons (Fsp3) is 0.565. The highest BCUT2D eigenvalue weighted by molar-refractivity contribution is 6.00. The molecule has 194 valence electrons. The molecule has 1 aliphatic heterocycles. The molecule has 1 saturated heterocycles. The lowest BCUT2D eigenvalue weighted by atomic mass is 10.0. The van der Waals surface area contributed by atoms with Crippen molar-refractivity contribution in [3.63, 3.8) is 0 Å². The largest absolute Gasteiger partial charge is 0.453 e. The van der Waals surface area contributed by atoms with Crippen LogP contribution in [-0.2, 0) is 14.3 Å². The highest BCUT2D eigenvalue weighted by Crippen LogP contribution is 2.21. The minimum absolute atomic E-state index is 0.111. The maximum Gasteiger partial charge on any atom is 0.407 e. The van der Waals surface area contributed by atoms with Gasteiger partial charge in [0.05, 0.1) is 20.2 Å². The van der Waals surface area contributed by atoms with Gasteiger partial charge in [-0.15, -0.1) is 0 Å². The third kappa shape index (κ3) is 8.23. The minimum atomic E-state index is -4.48. The van der Waals surface area contributed by atoms with E-state index in [2.05, 4.69) is 15.4 Å². The smallest absolute Gasteiger partial charge is 0.407 e. The molecule has 0 bridgehead atoms. The summed E-state index contributed by atoms with van der Waals surface area (Å²) in [6.07, 6.45) is -5.33. The van der Waals surface area contributed by atoms with Crippen molar-refractivity contribution in [1.29, 1.82) is 0 Å². The van der Waals surface area contributed by atoms with Gasteiger partial charge < -0.3 is 20.3 Å². The van der Waals surface area contributed by atoms with E-state index in [0.717, 1.165) is 22.5 Å². The number of amides is 3. The highest BCUT2D eigenvalue weighted by atomic mass is 19.4. The Kier molecular flexibility index (Phi) is 9.64. The zero-order valence-corrected chi connectivity index (χ0v) is 20.1. The third-order valence-electron chi connectivity index (χ3n) is 5.64. The highest BCUT2D eigenvalue weighted by Gasteiger charge is 2.42. The maximum absolute atomic E-state index is 13.3. The number of Topliss-reactive ketones (excluding diaryl/α,β-unsaturated/α-hetero) is 1. The third-order valence-corrected chi connectivity index (χ3v) is 5.64. The number of benzene rings is 1. The van der Waals surface area contributed by atoms with E-state index in [9.17, 15) is 32.3 Å². The summed E-state index contributed by atoms with van der Waals surface area (Å²) in [6.45, 7) is 2.94. The van der Waals surface area contributed by atoms with E-state index in [1.165, 1.54) is 0 Å². The topological polar surface area (TPSA) is 108 Å². The number of hydrogen-bond donors (Lipinski definition) is 2. The first-order valence-electron chi connectivity index (χ1n) is 11.1. The Morgan fingerprint density at radius 1 is 1.11 bits per heavy atom. The number of alkyl halides is 3. The van der Waals surface area contributed by atoms with Crippen LogP contribution in [-0.4, -0.2) is 91.6 Å². The predicted octanol–water partition coefficient (Wildman–Crippen LogP) is 1.75. The van der Waals surface area contributed by atoms with Gasteiger partial charge in [0.25, 0.3) is 0 Å². The van der Waals surface area contributed by atoms with E-state index >= 15 is 0 Å². The van der Waals surface area contributed by atoms with Crippen LogP contribution in [0.5, 0.6) is 0 Å². The molecule has 12 heteroatoms. The molecule has 3 amide bonds. The quantitative estimate of drug-likeness (QED) is 0.527. The predicted molar refractivity (Wildman–Crippen MR) is 121 cm³/mol. The van der Waals surface area contributed by atoms with Gasteiger partial charge in [0.2, 0.25) is 11.8 Å². The normalized spacial score (nSPS) is 17.6. The molecule has 2 rings (SSSR count). The van der Waals surface area contributed by atoms with Gasteiger partial charge in [0.15, 0.2) is 5.78 Å². The zero-order chi connectivity index (χ0) is 26.3. The van der Waals surface area contributed by atoms with Crippen LogP contribution >= 0.6 is 0 Å². The van der Waals surface area contributed by atoms with Crippen molar-refractivity contribution >= 4 is 23.7 Å². The lowest BCUT2D eigenvalue weighted by molar-refractivity contribution is -0.160. The molecule has 1 aromatic rings. The van der Waals surface area contributed by atoms with Gasteiger partial charge >= 0.3 is 12.3 Å². The molecule has 2 N–H and O–H groups in total. The monoisotopic (exact) mass is 500 g/mol. The van der Waals surface area contributed by atoms with Crippen molar-refractivity contribution in [1.82, 2.24) is 20.4 Å². The van der Waals surface area contributed by atoms with Crippen molar-refractivity contribution in [3.8, 4) is 0 Å². The molecule has 1 aromatic carbocycles. The first-order valence-corrected chi connectivity index (χ1v) is 11.1. The van der Waals surface area contributed by atoms with Crippen LogP contribution in [0.2, 0.25) is 0 Å². The van der Waals surface area contributed by atoms with Gasteiger partial charge in [-0.2, -0.15) is 13.2 Å². The van der Waals surface area contributed by atoms with Crippen molar-refractivity contribution in [2.75, 3.05) is 39.8 Å². The summed E-state index contributed by atoms with van der Waals surface area (Å²) in [6, 6.07) is 4.36. The fourth-order valence-electron chi connectivity index (χ4n) is 3.73. The van der Waals surface area contributed by atoms with Crippen LogP contribution in [0.15, 0.2) is 24.3 Å². The molecule has 0 radical (unpaired) electrons. The Hall–Kier alpha value is -3.15. The fourth-order valence-corrected chi connectivity index (χ4v) is 3.73. The summed E-state index contributed by atoms with van der Waals surface area (Å²) in [4.78, 5) is 52.6. The summed E-state index contributed by atoms with van der Waals surface area (Å²) in [7, 11) is 1.13. The number of piperazine rings is 1.